The number of carboxylic acid groups (broad SMARTS) is 1. The van der Waals surface area contributed by atoms with Gasteiger partial charge in [0.2, 0.25) is 0 Å². The first-order valence-corrected chi connectivity index (χ1v) is 11.1. The number of ether oxygens (including phenoxy) is 1. The third-order valence-corrected chi connectivity index (χ3v) is 6.65. The lowest BCUT2D eigenvalue weighted by Gasteiger charge is -2.38. The van der Waals surface area contributed by atoms with Crippen molar-refractivity contribution in [2.75, 3.05) is 26.2 Å². The first-order valence-electron chi connectivity index (χ1n) is 10.7. The van der Waals surface area contributed by atoms with Crippen LogP contribution < -0.4 is 4.74 Å². The van der Waals surface area contributed by atoms with Crippen LogP contribution in [-0.2, 0) is 17.6 Å². The number of benzene rings is 2. The zero-order chi connectivity index (χ0) is 22.0. The lowest BCUT2D eigenvalue weighted by atomic mass is 9.85. The molecule has 1 aliphatic carbocycles. The predicted octanol–water partition coefficient (Wildman–Crippen LogP) is 5.23. The van der Waals surface area contributed by atoms with Crippen molar-refractivity contribution >= 4 is 23.1 Å². The van der Waals surface area contributed by atoms with Crippen LogP contribution in [0, 0.1) is 11.7 Å². The summed E-state index contributed by atoms with van der Waals surface area (Å²) in [6.45, 7) is 4.89. The van der Waals surface area contributed by atoms with Gasteiger partial charge in [-0.25, -0.2) is 4.39 Å². The summed E-state index contributed by atoms with van der Waals surface area (Å²) in [7, 11) is 0. The molecule has 2 aromatic carbocycles. The smallest absolute Gasteiger partial charge is 0.309 e. The van der Waals surface area contributed by atoms with Crippen molar-refractivity contribution in [2.24, 2.45) is 5.92 Å². The van der Waals surface area contributed by atoms with Crippen molar-refractivity contribution in [3.63, 3.8) is 0 Å². The highest BCUT2D eigenvalue weighted by Crippen LogP contribution is 2.34. The Balaban J connectivity index is 1.31. The van der Waals surface area contributed by atoms with Crippen molar-refractivity contribution in [3.05, 3.63) is 69.5 Å². The Morgan fingerprint density at radius 2 is 2.03 bits per heavy atom. The van der Waals surface area contributed by atoms with E-state index in [1.54, 1.807) is 6.07 Å². The van der Waals surface area contributed by atoms with Gasteiger partial charge in [-0.15, -0.1) is 0 Å². The van der Waals surface area contributed by atoms with Gasteiger partial charge in [0.25, 0.3) is 0 Å². The van der Waals surface area contributed by atoms with Gasteiger partial charge in [-0.2, -0.15) is 0 Å². The largest absolute Gasteiger partial charge is 0.494 e. The number of hydrogen-bond donors (Lipinski definition) is 1. The molecule has 1 fully saturated rings. The molecule has 0 saturated carbocycles. The SMILES string of the molecule is CC1=C(CN2CC(C(=O)O)C2)CCc2cc(OCCCc3ccc(F)cc3Cl)ccc21. The summed E-state index contributed by atoms with van der Waals surface area (Å²) in [5.41, 5.74) is 6.20. The molecule has 31 heavy (non-hydrogen) atoms. The molecule has 0 spiro atoms. The lowest BCUT2D eigenvalue weighted by molar-refractivity contribution is -0.147. The normalized spacial score (nSPS) is 16.7. The topological polar surface area (TPSA) is 49.8 Å². The van der Waals surface area contributed by atoms with Crippen LogP contribution in [0.2, 0.25) is 5.02 Å². The van der Waals surface area contributed by atoms with Crippen LogP contribution in [-0.4, -0.2) is 42.2 Å². The van der Waals surface area contributed by atoms with Gasteiger partial charge in [-0.05, 0) is 79.1 Å². The number of rotatable bonds is 8. The number of carboxylic acids is 1. The lowest BCUT2D eigenvalue weighted by Crippen LogP contribution is -2.50. The summed E-state index contributed by atoms with van der Waals surface area (Å²) >= 11 is 6.08. The summed E-state index contributed by atoms with van der Waals surface area (Å²) < 4.78 is 19.1. The molecule has 2 aliphatic rings. The minimum absolute atomic E-state index is 0.212. The summed E-state index contributed by atoms with van der Waals surface area (Å²) in [5, 5.41) is 9.51. The molecule has 0 amide bonds. The third kappa shape index (κ3) is 5.10. The van der Waals surface area contributed by atoms with Crippen LogP contribution in [0.3, 0.4) is 0 Å². The van der Waals surface area contributed by atoms with Gasteiger partial charge in [-0.1, -0.05) is 29.3 Å². The summed E-state index contributed by atoms with van der Waals surface area (Å²) in [5.74, 6) is -0.354. The molecule has 0 radical (unpaired) electrons. The first kappa shape index (κ1) is 21.8. The van der Waals surface area contributed by atoms with Gasteiger partial charge in [0, 0.05) is 24.7 Å². The van der Waals surface area contributed by atoms with Crippen molar-refractivity contribution in [3.8, 4) is 5.75 Å². The van der Waals surface area contributed by atoms with Crippen LogP contribution in [0.1, 0.15) is 36.5 Å². The number of fused-ring (bicyclic) bond motifs is 1. The van der Waals surface area contributed by atoms with E-state index in [0.717, 1.165) is 43.5 Å². The molecule has 6 heteroatoms. The number of likely N-dealkylation sites (tertiary alicyclic amines) is 1. The molecule has 0 bridgehead atoms. The Morgan fingerprint density at radius 3 is 2.77 bits per heavy atom. The Labute approximate surface area is 187 Å². The van der Waals surface area contributed by atoms with E-state index >= 15 is 0 Å². The molecule has 2 aromatic rings. The molecule has 164 valence electrons. The average Bonchev–Trinajstić information content (AvgIpc) is 2.70. The quantitative estimate of drug-likeness (QED) is 0.568. The Morgan fingerprint density at radius 1 is 1.23 bits per heavy atom. The van der Waals surface area contributed by atoms with E-state index in [2.05, 4.69) is 24.0 Å². The average molecular weight is 444 g/mol. The molecule has 1 aliphatic heterocycles. The fourth-order valence-electron chi connectivity index (χ4n) is 4.40. The minimum Gasteiger partial charge on any atom is -0.494 e. The van der Waals surface area contributed by atoms with Crippen LogP contribution in [0.5, 0.6) is 5.75 Å². The maximum atomic E-state index is 13.1. The third-order valence-electron chi connectivity index (χ3n) is 6.30. The van der Waals surface area contributed by atoms with Gasteiger partial charge < -0.3 is 9.84 Å². The van der Waals surface area contributed by atoms with Crippen molar-refractivity contribution in [2.45, 2.75) is 32.6 Å². The van der Waals surface area contributed by atoms with Crippen LogP contribution in [0.25, 0.3) is 5.57 Å². The number of nitrogens with zero attached hydrogens (tertiary/aromatic N) is 1. The highest BCUT2D eigenvalue weighted by Gasteiger charge is 2.33. The first-order chi connectivity index (χ1) is 14.9. The molecular weight excluding hydrogens is 417 g/mol. The van der Waals surface area contributed by atoms with Crippen LogP contribution in [0.15, 0.2) is 42.0 Å². The molecule has 0 unspecified atom stereocenters. The zero-order valence-corrected chi connectivity index (χ0v) is 18.4. The highest BCUT2D eigenvalue weighted by atomic mass is 35.5. The summed E-state index contributed by atoms with van der Waals surface area (Å²) in [6.07, 6.45) is 3.52. The van der Waals surface area contributed by atoms with Crippen LogP contribution in [0.4, 0.5) is 4.39 Å². The highest BCUT2D eigenvalue weighted by molar-refractivity contribution is 6.31. The second-order valence-electron chi connectivity index (χ2n) is 8.46. The number of hydrogen-bond acceptors (Lipinski definition) is 3. The molecular formula is C25H27ClFNO3. The second kappa shape index (κ2) is 9.41. The van der Waals surface area contributed by atoms with E-state index in [0.29, 0.717) is 24.7 Å². The van der Waals surface area contributed by atoms with E-state index in [4.69, 9.17) is 21.4 Å². The maximum Gasteiger partial charge on any atom is 0.309 e. The van der Waals surface area contributed by atoms with Gasteiger partial charge in [0.15, 0.2) is 0 Å². The van der Waals surface area contributed by atoms with E-state index in [9.17, 15) is 9.18 Å². The Bertz CT molecular complexity index is 1010. The van der Waals surface area contributed by atoms with Crippen molar-refractivity contribution in [1.29, 1.82) is 0 Å². The number of aliphatic carboxylic acids is 1. The molecule has 4 rings (SSSR count). The fraction of sp³-hybridized carbons (Fsp3) is 0.400. The van der Waals surface area contributed by atoms with E-state index in [-0.39, 0.29) is 11.7 Å². The van der Waals surface area contributed by atoms with Gasteiger partial charge in [-0.3, -0.25) is 9.69 Å². The number of halogens is 2. The Kier molecular flexibility index (Phi) is 6.63. The molecule has 0 aromatic heterocycles. The standard InChI is InChI=1S/C25H27ClFNO3/c1-16-19(13-28-14-20(15-28)25(29)30)5-4-18-11-22(8-9-23(16)18)31-10-2-3-17-6-7-21(27)12-24(17)26/h6-9,11-12,20H,2-5,10,13-15H2,1H3,(H,29,30). The molecule has 1 saturated heterocycles. The van der Waals surface area contributed by atoms with E-state index < -0.39 is 5.97 Å². The molecule has 4 nitrogen and oxygen atoms in total. The molecule has 1 heterocycles. The number of aryl methyl sites for hydroxylation is 2. The zero-order valence-electron chi connectivity index (χ0n) is 17.7. The number of carbonyl (C=O) groups is 1. The van der Waals surface area contributed by atoms with E-state index in [1.165, 1.54) is 34.4 Å². The van der Waals surface area contributed by atoms with Crippen molar-refractivity contribution < 1.29 is 19.0 Å². The molecule has 1 N–H and O–H groups in total. The Hall–Kier alpha value is -2.37. The van der Waals surface area contributed by atoms with Gasteiger partial charge in [0.05, 0.1) is 12.5 Å². The second-order valence-corrected chi connectivity index (χ2v) is 8.87. The van der Waals surface area contributed by atoms with Gasteiger partial charge in [0.1, 0.15) is 11.6 Å². The maximum absolute atomic E-state index is 13.1. The van der Waals surface area contributed by atoms with Crippen molar-refractivity contribution in [1.82, 2.24) is 4.90 Å². The number of allylic oxidation sites excluding steroid dienone is 1. The van der Waals surface area contributed by atoms with E-state index in [1.807, 2.05) is 6.07 Å². The predicted molar refractivity (Wildman–Crippen MR) is 120 cm³/mol. The minimum atomic E-state index is -0.691. The summed E-state index contributed by atoms with van der Waals surface area (Å²) in [6, 6.07) is 10.8. The van der Waals surface area contributed by atoms with Crippen LogP contribution >= 0.6 is 11.6 Å². The molecule has 0 atom stereocenters. The summed E-state index contributed by atoms with van der Waals surface area (Å²) in [4.78, 5) is 13.2. The monoisotopic (exact) mass is 443 g/mol. The fourth-order valence-corrected chi connectivity index (χ4v) is 4.66. The van der Waals surface area contributed by atoms with Gasteiger partial charge >= 0.3 is 5.97 Å².